The molecule has 0 N–H and O–H groups in total. The van der Waals surface area contributed by atoms with Gasteiger partial charge in [0.15, 0.2) is 0 Å². The van der Waals surface area contributed by atoms with E-state index in [1.807, 2.05) is 0 Å². The summed E-state index contributed by atoms with van der Waals surface area (Å²) >= 11 is 0. The zero-order chi connectivity index (χ0) is 14.9. The Kier molecular flexibility index (Phi) is 7.25. The zero-order valence-electron chi connectivity index (χ0n) is 13.6. The minimum atomic E-state index is 0.118. The maximum atomic E-state index is 6.00. The first-order valence-corrected chi connectivity index (χ1v) is 8.65. The lowest BCUT2D eigenvalue weighted by atomic mass is 10.0. The van der Waals surface area contributed by atoms with E-state index in [9.17, 15) is 0 Å². The van der Waals surface area contributed by atoms with Crippen molar-refractivity contribution in [2.24, 2.45) is 0 Å². The second-order valence-corrected chi connectivity index (χ2v) is 6.12. The van der Waals surface area contributed by atoms with Gasteiger partial charge in [-0.2, -0.15) is 0 Å². The van der Waals surface area contributed by atoms with E-state index < -0.39 is 0 Å². The summed E-state index contributed by atoms with van der Waals surface area (Å²) in [5.41, 5.74) is 2.68. The van der Waals surface area contributed by atoms with Crippen molar-refractivity contribution in [3.8, 4) is 0 Å². The van der Waals surface area contributed by atoms with Gasteiger partial charge in [-0.15, -0.1) is 0 Å². The topological polar surface area (TPSA) is 18.5 Å². The summed E-state index contributed by atoms with van der Waals surface area (Å²) in [4.78, 5) is 0. The molecule has 0 aromatic heterocycles. The van der Waals surface area contributed by atoms with E-state index in [0.29, 0.717) is 12.7 Å². The summed E-state index contributed by atoms with van der Waals surface area (Å²) in [6, 6.07) is 8.89. The third-order valence-electron chi connectivity index (χ3n) is 4.27. The standard InChI is InChI=1S/C19H30O2/c1-3-5-7-9-18-14-21-19(15-20-18)17-12-10-16(11-13-17)8-6-4-2/h10-13,18-19H,3-9,14-15H2,1-2H3/t18-,19-/m1/s1. The molecule has 1 heterocycles. The normalized spacial score (nSPS) is 22.4. The van der Waals surface area contributed by atoms with Crippen LogP contribution < -0.4 is 0 Å². The first-order valence-electron chi connectivity index (χ1n) is 8.65. The van der Waals surface area contributed by atoms with Crippen molar-refractivity contribution in [1.29, 1.82) is 0 Å². The summed E-state index contributed by atoms with van der Waals surface area (Å²) in [5.74, 6) is 0. The molecule has 1 fully saturated rings. The number of unbranched alkanes of at least 4 members (excludes halogenated alkanes) is 3. The van der Waals surface area contributed by atoms with Crippen LogP contribution in [0.25, 0.3) is 0 Å². The second kappa shape index (κ2) is 9.22. The van der Waals surface area contributed by atoms with Crippen molar-refractivity contribution in [2.75, 3.05) is 13.2 Å². The zero-order valence-corrected chi connectivity index (χ0v) is 13.6. The highest BCUT2D eigenvalue weighted by atomic mass is 16.6. The van der Waals surface area contributed by atoms with E-state index in [2.05, 4.69) is 38.1 Å². The second-order valence-electron chi connectivity index (χ2n) is 6.12. The fraction of sp³-hybridized carbons (Fsp3) is 0.684. The molecule has 1 saturated heterocycles. The number of rotatable bonds is 8. The quantitative estimate of drug-likeness (QED) is 0.623. The summed E-state index contributed by atoms with van der Waals surface area (Å²) in [6.45, 7) is 5.91. The van der Waals surface area contributed by atoms with E-state index in [4.69, 9.17) is 9.47 Å². The van der Waals surface area contributed by atoms with Gasteiger partial charge in [0, 0.05) is 0 Å². The van der Waals surface area contributed by atoms with Crippen LogP contribution in [-0.4, -0.2) is 19.3 Å². The highest BCUT2D eigenvalue weighted by Gasteiger charge is 2.23. The molecule has 21 heavy (non-hydrogen) atoms. The Morgan fingerprint density at radius 2 is 1.67 bits per heavy atom. The number of ether oxygens (including phenoxy) is 2. The average Bonchev–Trinajstić information content (AvgIpc) is 2.54. The van der Waals surface area contributed by atoms with Crippen LogP contribution in [-0.2, 0) is 15.9 Å². The van der Waals surface area contributed by atoms with E-state index >= 15 is 0 Å². The van der Waals surface area contributed by atoms with E-state index in [0.717, 1.165) is 13.0 Å². The lowest BCUT2D eigenvalue weighted by Gasteiger charge is -2.30. The lowest BCUT2D eigenvalue weighted by molar-refractivity contribution is -0.137. The van der Waals surface area contributed by atoms with Gasteiger partial charge in [0.05, 0.1) is 19.3 Å². The Morgan fingerprint density at radius 1 is 0.905 bits per heavy atom. The fourth-order valence-electron chi connectivity index (χ4n) is 2.80. The molecular weight excluding hydrogens is 260 g/mol. The van der Waals surface area contributed by atoms with Gasteiger partial charge in [-0.3, -0.25) is 0 Å². The molecule has 0 spiro atoms. The third kappa shape index (κ3) is 5.44. The third-order valence-corrected chi connectivity index (χ3v) is 4.27. The van der Waals surface area contributed by atoms with Crippen molar-refractivity contribution in [3.05, 3.63) is 35.4 Å². The summed E-state index contributed by atoms with van der Waals surface area (Å²) in [7, 11) is 0. The Bertz CT molecular complexity index is 377. The Hall–Kier alpha value is -0.860. The summed E-state index contributed by atoms with van der Waals surface area (Å²) in [5, 5.41) is 0. The van der Waals surface area contributed by atoms with Crippen LogP contribution in [0.4, 0.5) is 0 Å². The lowest BCUT2D eigenvalue weighted by Crippen LogP contribution is -2.31. The summed E-state index contributed by atoms with van der Waals surface area (Å²) in [6.07, 6.45) is 9.06. The Balaban J connectivity index is 1.76. The maximum Gasteiger partial charge on any atom is 0.106 e. The Morgan fingerprint density at radius 3 is 2.29 bits per heavy atom. The van der Waals surface area contributed by atoms with Gasteiger partial charge >= 0.3 is 0 Å². The van der Waals surface area contributed by atoms with Gasteiger partial charge in [-0.1, -0.05) is 63.8 Å². The van der Waals surface area contributed by atoms with Crippen LogP contribution in [0.15, 0.2) is 24.3 Å². The number of aryl methyl sites for hydroxylation is 1. The Labute approximate surface area is 129 Å². The van der Waals surface area contributed by atoms with Crippen molar-refractivity contribution in [2.45, 2.75) is 71.0 Å². The minimum Gasteiger partial charge on any atom is -0.373 e. The van der Waals surface area contributed by atoms with Gasteiger partial charge < -0.3 is 9.47 Å². The van der Waals surface area contributed by atoms with Crippen molar-refractivity contribution in [3.63, 3.8) is 0 Å². The van der Waals surface area contributed by atoms with Crippen molar-refractivity contribution < 1.29 is 9.47 Å². The van der Waals surface area contributed by atoms with Crippen molar-refractivity contribution >= 4 is 0 Å². The molecular formula is C19H30O2. The van der Waals surface area contributed by atoms with E-state index in [1.165, 1.54) is 49.7 Å². The molecule has 1 aliphatic rings. The van der Waals surface area contributed by atoms with Crippen molar-refractivity contribution in [1.82, 2.24) is 0 Å². The van der Waals surface area contributed by atoms with Gasteiger partial charge in [-0.25, -0.2) is 0 Å². The molecule has 0 radical (unpaired) electrons. The van der Waals surface area contributed by atoms with Crippen LogP contribution in [0.5, 0.6) is 0 Å². The monoisotopic (exact) mass is 290 g/mol. The predicted octanol–water partition coefficient (Wildman–Crippen LogP) is 5.07. The first-order chi connectivity index (χ1) is 10.3. The van der Waals surface area contributed by atoms with Crippen LogP contribution in [0.1, 0.15) is 69.6 Å². The first kappa shape index (κ1) is 16.5. The highest BCUT2D eigenvalue weighted by Crippen LogP contribution is 2.25. The maximum absolute atomic E-state index is 6.00. The van der Waals surface area contributed by atoms with E-state index in [-0.39, 0.29) is 6.10 Å². The highest BCUT2D eigenvalue weighted by molar-refractivity contribution is 5.24. The molecule has 0 bridgehead atoms. The van der Waals surface area contributed by atoms with Crippen LogP contribution in [0.3, 0.4) is 0 Å². The fourth-order valence-corrected chi connectivity index (χ4v) is 2.80. The average molecular weight is 290 g/mol. The van der Waals surface area contributed by atoms with Crippen LogP contribution >= 0.6 is 0 Å². The van der Waals surface area contributed by atoms with E-state index in [1.54, 1.807) is 0 Å². The molecule has 1 aromatic rings. The van der Waals surface area contributed by atoms with Crippen LogP contribution in [0, 0.1) is 0 Å². The molecule has 0 aliphatic carbocycles. The molecule has 1 aliphatic heterocycles. The SMILES string of the molecule is CCCCC[C@@H]1CO[C@@H](c2ccc(CCCC)cc2)CO1. The molecule has 2 heteroatoms. The van der Waals surface area contributed by atoms with Gasteiger partial charge in [-0.05, 0) is 30.4 Å². The number of hydrogen-bond acceptors (Lipinski definition) is 2. The number of benzene rings is 1. The minimum absolute atomic E-state index is 0.118. The molecule has 2 atom stereocenters. The largest absolute Gasteiger partial charge is 0.373 e. The molecule has 2 nitrogen and oxygen atoms in total. The van der Waals surface area contributed by atoms with Gasteiger partial charge in [0.25, 0.3) is 0 Å². The molecule has 0 unspecified atom stereocenters. The van der Waals surface area contributed by atoms with Gasteiger partial charge in [0.2, 0.25) is 0 Å². The number of hydrogen-bond donors (Lipinski definition) is 0. The smallest absolute Gasteiger partial charge is 0.106 e. The van der Waals surface area contributed by atoms with Crippen LogP contribution in [0.2, 0.25) is 0 Å². The molecule has 2 rings (SSSR count). The predicted molar refractivity (Wildman–Crippen MR) is 87.6 cm³/mol. The molecule has 0 amide bonds. The molecule has 0 saturated carbocycles. The van der Waals surface area contributed by atoms with Gasteiger partial charge in [0.1, 0.15) is 6.10 Å². The molecule has 118 valence electrons. The summed E-state index contributed by atoms with van der Waals surface area (Å²) < 4.78 is 12.0. The molecule has 1 aromatic carbocycles.